The smallest absolute Gasteiger partial charge is 0.430 e. The summed E-state index contributed by atoms with van der Waals surface area (Å²) in [6, 6.07) is 7.56. The third-order valence-electron chi connectivity index (χ3n) is 4.71. The molecule has 2 aliphatic heterocycles. The Labute approximate surface area is 146 Å². The van der Waals surface area contributed by atoms with E-state index in [0.29, 0.717) is 37.5 Å². The first-order valence-electron chi connectivity index (χ1n) is 8.11. The highest BCUT2D eigenvalue weighted by molar-refractivity contribution is 6.30. The Morgan fingerprint density at radius 1 is 1.33 bits per heavy atom. The second-order valence-corrected chi connectivity index (χ2v) is 6.89. The van der Waals surface area contributed by atoms with Gasteiger partial charge in [-0.05, 0) is 23.6 Å². The Bertz CT molecular complexity index is 612. The zero-order chi connectivity index (χ0) is 17.2. The molecule has 7 heteroatoms. The summed E-state index contributed by atoms with van der Waals surface area (Å²) >= 11 is 5.89. The third-order valence-corrected chi connectivity index (χ3v) is 4.97. The molecule has 6 nitrogen and oxygen atoms in total. The van der Waals surface area contributed by atoms with E-state index in [2.05, 4.69) is 12.2 Å². The number of piperidine rings is 1. The maximum atomic E-state index is 12.3. The fraction of sp³-hybridized carbons (Fsp3) is 0.529. The minimum absolute atomic E-state index is 0.0871. The molecule has 0 radical (unpaired) electrons. The molecule has 3 rings (SSSR count). The number of carbonyl (C=O) groups is 2. The van der Waals surface area contributed by atoms with Gasteiger partial charge in [0.15, 0.2) is 5.60 Å². The van der Waals surface area contributed by atoms with Crippen molar-refractivity contribution >= 4 is 23.8 Å². The average molecular weight is 353 g/mol. The SMILES string of the molecule is CC(CNC(=O)N1CCC2(CC1)COC(=O)O2)c1ccc(Cl)cc1. The summed E-state index contributed by atoms with van der Waals surface area (Å²) < 4.78 is 10.1. The van der Waals surface area contributed by atoms with Crippen LogP contribution in [0, 0.1) is 0 Å². The molecule has 2 aliphatic rings. The maximum Gasteiger partial charge on any atom is 0.509 e. The summed E-state index contributed by atoms with van der Waals surface area (Å²) in [6.07, 6.45) is 0.613. The number of nitrogens with zero attached hydrogens (tertiary/aromatic N) is 1. The van der Waals surface area contributed by atoms with E-state index in [1.165, 1.54) is 0 Å². The van der Waals surface area contributed by atoms with Gasteiger partial charge in [-0.25, -0.2) is 9.59 Å². The summed E-state index contributed by atoms with van der Waals surface area (Å²) in [5.74, 6) is 0.200. The Morgan fingerprint density at radius 3 is 2.58 bits per heavy atom. The van der Waals surface area contributed by atoms with Crippen LogP contribution in [0.3, 0.4) is 0 Å². The minimum atomic E-state index is -0.607. The highest BCUT2D eigenvalue weighted by atomic mass is 35.5. The molecule has 0 bridgehead atoms. The molecule has 130 valence electrons. The summed E-state index contributed by atoms with van der Waals surface area (Å²) in [4.78, 5) is 25.2. The van der Waals surface area contributed by atoms with Crippen molar-refractivity contribution in [1.29, 1.82) is 0 Å². The molecule has 0 saturated carbocycles. The van der Waals surface area contributed by atoms with Crippen LogP contribution in [0.5, 0.6) is 0 Å². The zero-order valence-corrected chi connectivity index (χ0v) is 14.3. The predicted octanol–water partition coefficient (Wildman–Crippen LogP) is 3.15. The molecule has 1 atom stereocenters. The third kappa shape index (κ3) is 3.75. The van der Waals surface area contributed by atoms with Gasteiger partial charge in [-0.1, -0.05) is 30.7 Å². The van der Waals surface area contributed by atoms with Crippen LogP contribution >= 0.6 is 11.6 Å². The summed E-state index contributed by atoms with van der Waals surface area (Å²) in [5, 5.41) is 3.67. The lowest BCUT2D eigenvalue weighted by molar-refractivity contribution is 0.00936. The number of hydrogen-bond donors (Lipinski definition) is 1. The largest absolute Gasteiger partial charge is 0.509 e. The molecule has 24 heavy (non-hydrogen) atoms. The number of benzene rings is 1. The van der Waals surface area contributed by atoms with Crippen LogP contribution < -0.4 is 5.32 Å². The lowest BCUT2D eigenvalue weighted by atomic mass is 9.92. The zero-order valence-electron chi connectivity index (χ0n) is 13.6. The van der Waals surface area contributed by atoms with E-state index in [4.69, 9.17) is 21.1 Å². The number of urea groups is 1. The van der Waals surface area contributed by atoms with Crippen LogP contribution in [-0.2, 0) is 9.47 Å². The lowest BCUT2D eigenvalue weighted by Crippen LogP contribution is -2.51. The summed E-state index contributed by atoms with van der Waals surface area (Å²) in [7, 11) is 0. The number of ether oxygens (including phenoxy) is 2. The Kier molecular flexibility index (Phi) is 4.85. The van der Waals surface area contributed by atoms with Crippen molar-refractivity contribution in [2.45, 2.75) is 31.3 Å². The first-order valence-corrected chi connectivity index (χ1v) is 8.49. The van der Waals surface area contributed by atoms with E-state index in [0.717, 1.165) is 5.56 Å². The van der Waals surface area contributed by atoms with Crippen LogP contribution in [0.1, 0.15) is 31.2 Å². The highest BCUT2D eigenvalue weighted by Gasteiger charge is 2.45. The lowest BCUT2D eigenvalue weighted by Gasteiger charge is -2.36. The topological polar surface area (TPSA) is 67.9 Å². The van der Waals surface area contributed by atoms with Gasteiger partial charge in [0.05, 0.1) is 0 Å². The molecule has 2 heterocycles. The van der Waals surface area contributed by atoms with Crippen LogP contribution in [0.4, 0.5) is 9.59 Å². The molecule has 1 spiro atoms. The number of halogens is 1. The fourth-order valence-electron chi connectivity index (χ4n) is 3.05. The predicted molar refractivity (Wildman–Crippen MR) is 89.2 cm³/mol. The van der Waals surface area contributed by atoms with Crippen molar-refractivity contribution in [3.05, 3.63) is 34.9 Å². The Morgan fingerprint density at radius 2 is 2.00 bits per heavy atom. The second kappa shape index (κ2) is 6.89. The van der Waals surface area contributed by atoms with Crippen molar-refractivity contribution < 1.29 is 19.1 Å². The van der Waals surface area contributed by atoms with Gasteiger partial charge in [0.1, 0.15) is 6.61 Å². The van der Waals surface area contributed by atoms with Crippen LogP contribution in [-0.4, -0.2) is 48.9 Å². The van der Waals surface area contributed by atoms with Gasteiger partial charge in [-0.15, -0.1) is 0 Å². The number of hydrogen-bond acceptors (Lipinski definition) is 4. The molecule has 0 aromatic heterocycles. The fourth-order valence-corrected chi connectivity index (χ4v) is 3.18. The molecule has 1 N–H and O–H groups in total. The van der Waals surface area contributed by atoms with Crippen molar-refractivity contribution in [1.82, 2.24) is 10.2 Å². The molecule has 2 fully saturated rings. The van der Waals surface area contributed by atoms with E-state index >= 15 is 0 Å². The van der Waals surface area contributed by atoms with E-state index in [1.807, 2.05) is 24.3 Å². The van der Waals surface area contributed by atoms with Gasteiger partial charge in [-0.2, -0.15) is 0 Å². The number of nitrogens with one attached hydrogen (secondary N) is 1. The molecular formula is C17H21ClN2O4. The molecular weight excluding hydrogens is 332 g/mol. The van der Waals surface area contributed by atoms with Gasteiger partial charge < -0.3 is 19.7 Å². The number of cyclic esters (lactones) is 1. The highest BCUT2D eigenvalue weighted by Crippen LogP contribution is 2.31. The molecule has 1 unspecified atom stereocenters. The summed E-state index contributed by atoms with van der Waals surface area (Å²) in [6.45, 7) is 4.01. The van der Waals surface area contributed by atoms with Gasteiger partial charge >= 0.3 is 12.2 Å². The molecule has 2 amide bonds. The number of rotatable bonds is 3. The molecule has 2 saturated heterocycles. The van der Waals surface area contributed by atoms with Crippen molar-refractivity contribution in [2.75, 3.05) is 26.2 Å². The Balaban J connectivity index is 1.46. The first-order chi connectivity index (χ1) is 11.5. The molecule has 0 aliphatic carbocycles. The average Bonchev–Trinajstić information content (AvgIpc) is 2.94. The van der Waals surface area contributed by atoms with Gasteiger partial charge in [0.2, 0.25) is 0 Å². The van der Waals surface area contributed by atoms with Crippen molar-refractivity contribution in [2.24, 2.45) is 0 Å². The second-order valence-electron chi connectivity index (χ2n) is 6.45. The number of likely N-dealkylation sites (tertiary alicyclic amines) is 1. The monoisotopic (exact) mass is 352 g/mol. The standard InChI is InChI=1S/C17H21ClN2O4/c1-12(13-2-4-14(18)5-3-13)10-19-15(21)20-8-6-17(7-9-20)11-23-16(22)24-17/h2-5,12H,6-11H2,1H3,(H,19,21). The van der Waals surface area contributed by atoms with Crippen molar-refractivity contribution in [3.63, 3.8) is 0 Å². The number of amides is 2. The van der Waals surface area contributed by atoms with Gasteiger partial charge in [0, 0.05) is 37.5 Å². The number of carbonyl (C=O) groups excluding carboxylic acids is 2. The summed E-state index contributed by atoms with van der Waals surface area (Å²) in [5.41, 5.74) is 0.595. The molecule has 1 aromatic carbocycles. The molecule has 1 aromatic rings. The Hall–Kier alpha value is -1.95. The van der Waals surface area contributed by atoms with Gasteiger partial charge in [-0.3, -0.25) is 0 Å². The van der Waals surface area contributed by atoms with E-state index in [9.17, 15) is 9.59 Å². The van der Waals surface area contributed by atoms with E-state index < -0.39 is 11.8 Å². The van der Waals surface area contributed by atoms with Crippen LogP contribution in [0.15, 0.2) is 24.3 Å². The van der Waals surface area contributed by atoms with Crippen molar-refractivity contribution in [3.8, 4) is 0 Å². The van der Waals surface area contributed by atoms with E-state index in [1.54, 1.807) is 4.90 Å². The van der Waals surface area contributed by atoms with Gasteiger partial charge in [0.25, 0.3) is 0 Å². The normalized spacial score (nSPS) is 20.4. The first kappa shape index (κ1) is 16.9. The van der Waals surface area contributed by atoms with E-state index in [-0.39, 0.29) is 18.6 Å². The minimum Gasteiger partial charge on any atom is -0.430 e. The quantitative estimate of drug-likeness (QED) is 0.848. The van der Waals surface area contributed by atoms with Crippen LogP contribution in [0.25, 0.3) is 0 Å². The van der Waals surface area contributed by atoms with Crippen LogP contribution in [0.2, 0.25) is 5.02 Å². The maximum absolute atomic E-state index is 12.3.